The lowest BCUT2D eigenvalue weighted by Crippen LogP contribution is -2.42. The van der Waals surface area contributed by atoms with Gasteiger partial charge in [-0.05, 0) is 12.8 Å². The van der Waals surface area contributed by atoms with Gasteiger partial charge in [0.25, 0.3) is 0 Å². The molecule has 1 aromatic rings. The Morgan fingerprint density at radius 1 is 1.47 bits per heavy atom. The average molecular weight is 283 g/mol. The van der Waals surface area contributed by atoms with Crippen LogP contribution < -0.4 is 11.1 Å². The van der Waals surface area contributed by atoms with E-state index in [1.165, 1.54) is 16.7 Å². The summed E-state index contributed by atoms with van der Waals surface area (Å²) in [6.07, 6.45) is 4.27. The molecule has 104 valence electrons. The van der Waals surface area contributed by atoms with Crippen molar-refractivity contribution in [3.8, 4) is 0 Å². The van der Waals surface area contributed by atoms with Crippen LogP contribution in [0.15, 0.2) is 5.38 Å². The number of aromatic carboxylic acids is 1. The van der Waals surface area contributed by atoms with E-state index < -0.39 is 5.97 Å². The molecule has 1 saturated carbocycles. The fraction of sp³-hybridized carbons (Fsp3) is 0.583. The number of hydrogen-bond acceptors (Lipinski definition) is 5. The molecule has 1 heterocycles. The molecule has 1 amide bonds. The van der Waals surface area contributed by atoms with Gasteiger partial charge < -0.3 is 16.2 Å². The van der Waals surface area contributed by atoms with E-state index in [4.69, 9.17) is 10.8 Å². The van der Waals surface area contributed by atoms with E-state index in [0.29, 0.717) is 11.4 Å². The molecule has 0 unspecified atom stereocenters. The predicted octanol–water partition coefficient (Wildman–Crippen LogP) is 1.12. The van der Waals surface area contributed by atoms with E-state index >= 15 is 0 Å². The van der Waals surface area contributed by atoms with Crippen molar-refractivity contribution in [2.75, 3.05) is 0 Å². The summed E-state index contributed by atoms with van der Waals surface area (Å²) in [6, 6.07) is 0. The molecule has 1 aromatic heterocycles. The summed E-state index contributed by atoms with van der Waals surface area (Å²) in [6.45, 7) is 0.257. The van der Waals surface area contributed by atoms with Crippen LogP contribution in [0.4, 0.5) is 0 Å². The highest BCUT2D eigenvalue weighted by atomic mass is 32.1. The largest absolute Gasteiger partial charge is 0.476 e. The van der Waals surface area contributed by atoms with Crippen LogP contribution in [0.3, 0.4) is 0 Å². The van der Waals surface area contributed by atoms with Crippen LogP contribution in [0.5, 0.6) is 0 Å². The van der Waals surface area contributed by atoms with Crippen molar-refractivity contribution < 1.29 is 14.7 Å². The average Bonchev–Trinajstić information content (AvgIpc) is 2.95. The van der Waals surface area contributed by atoms with Gasteiger partial charge in [0.15, 0.2) is 5.69 Å². The van der Waals surface area contributed by atoms with Crippen molar-refractivity contribution in [3.05, 3.63) is 16.1 Å². The molecule has 1 aliphatic rings. The Labute approximate surface area is 115 Å². The van der Waals surface area contributed by atoms with Gasteiger partial charge in [0.05, 0.1) is 6.54 Å². The summed E-state index contributed by atoms with van der Waals surface area (Å²) in [5.41, 5.74) is 5.77. The van der Waals surface area contributed by atoms with Crippen molar-refractivity contribution in [3.63, 3.8) is 0 Å². The van der Waals surface area contributed by atoms with Crippen LogP contribution in [0.1, 0.15) is 47.6 Å². The number of carbonyl (C=O) groups excluding carboxylic acids is 1. The summed E-state index contributed by atoms with van der Waals surface area (Å²) in [5, 5.41) is 13.5. The third-order valence-electron chi connectivity index (χ3n) is 3.32. The van der Waals surface area contributed by atoms with E-state index in [2.05, 4.69) is 10.3 Å². The Balaban J connectivity index is 1.81. The second-order valence-electron chi connectivity index (χ2n) is 4.95. The van der Waals surface area contributed by atoms with Gasteiger partial charge >= 0.3 is 5.97 Å². The standard InChI is InChI=1S/C12H17N3O3S/c13-12(3-1-2-4-12)5-9(16)14-6-10-15-8(7-19-10)11(17)18/h7H,1-6,13H2,(H,14,16)(H,17,18). The van der Waals surface area contributed by atoms with Crippen molar-refractivity contribution in [2.24, 2.45) is 5.73 Å². The maximum atomic E-state index is 11.8. The van der Waals surface area contributed by atoms with Gasteiger partial charge in [-0.3, -0.25) is 4.79 Å². The van der Waals surface area contributed by atoms with E-state index in [-0.39, 0.29) is 23.7 Å². The molecule has 1 fully saturated rings. The number of nitrogens with two attached hydrogens (primary N) is 1. The lowest BCUT2D eigenvalue weighted by atomic mass is 9.94. The Hall–Kier alpha value is -1.47. The van der Waals surface area contributed by atoms with Gasteiger partial charge in [-0.1, -0.05) is 12.8 Å². The van der Waals surface area contributed by atoms with Crippen molar-refractivity contribution in [1.82, 2.24) is 10.3 Å². The minimum Gasteiger partial charge on any atom is -0.476 e. The minimum atomic E-state index is -1.05. The highest BCUT2D eigenvalue weighted by Gasteiger charge is 2.31. The van der Waals surface area contributed by atoms with Crippen molar-refractivity contribution in [2.45, 2.75) is 44.2 Å². The summed E-state index contributed by atoms with van der Waals surface area (Å²) in [4.78, 5) is 26.4. The van der Waals surface area contributed by atoms with Crippen LogP contribution >= 0.6 is 11.3 Å². The first-order chi connectivity index (χ1) is 8.98. The molecule has 0 aliphatic heterocycles. The normalized spacial score (nSPS) is 17.3. The Morgan fingerprint density at radius 3 is 2.74 bits per heavy atom. The quantitative estimate of drug-likeness (QED) is 0.751. The van der Waals surface area contributed by atoms with Crippen molar-refractivity contribution in [1.29, 1.82) is 0 Å². The number of amides is 1. The highest BCUT2D eigenvalue weighted by Crippen LogP contribution is 2.29. The molecule has 0 spiro atoms. The second-order valence-corrected chi connectivity index (χ2v) is 5.90. The molecule has 0 aromatic carbocycles. The SMILES string of the molecule is NC1(CC(=O)NCc2nc(C(=O)O)cs2)CCCC1. The monoisotopic (exact) mass is 283 g/mol. The molecule has 0 atom stereocenters. The highest BCUT2D eigenvalue weighted by molar-refractivity contribution is 7.09. The summed E-state index contributed by atoms with van der Waals surface area (Å²) >= 11 is 1.22. The zero-order valence-corrected chi connectivity index (χ0v) is 11.3. The number of thiazole rings is 1. The maximum absolute atomic E-state index is 11.8. The number of carbonyl (C=O) groups is 2. The van der Waals surface area contributed by atoms with Gasteiger partial charge in [-0.25, -0.2) is 9.78 Å². The van der Waals surface area contributed by atoms with Gasteiger partial charge in [-0.2, -0.15) is 0 Å². The molecule has 4 N–H and O–H groups in total. The zero-order chi connectivity index (χ0) is 13.9. The van der Waals surface area contributed by atoms with Crippen molar-refractivity contribution >= 4 is 23.2 Å². The number of nitrogens with one attached hydrogen (secondary N) is 1. The van der Waals surface area contributed by atoms with Gasteiger partial charge in [0.1, 0.15) is 5.01 Å². The van der Waals surface area contributed by atoms with E-state index in [1.54, 1.807) is 0 Å². The van der Waals surface area contributed by atoms with Crippen LogP contribution in [0.2, 0.25) is 0 Å². The lowest BCUT2D eigenvalue weighted by molar-refractivity contribution is -0.122. The topological polar surface area (TPSA) is 105 Å². The first-order valence-electron chi connectivity index (χ1n) is 6.22. The first kappa shape index (κ1) is 14.0. The van der Waals surface area contributed by atoms with E-state index in [1.807, 2.05) is 0 Å². The fourth-order valence-electron chi connectivity index (χ4n) is 2.30. The number of carboxylic acids is 1. The maximum Gasteiger partial charge on any atom is 0.355 e. The predicted molar refractivity (Wildman–Crippen MR) is 70.9 cm³/mol. The molecule has 6 nitrogen and oxygen atoms in total. The summed E-state index contributed by atoms with van der Waals surface area (Å²) in [7, 11) is 0. The first-order valence-corrected chi connectivity index (χ1v) is 7.10. The number of aromatic nitrogens is 1. The Kier molecular flexibility index (Phi) is 4.16. The van der Waals surface area contributed by atoms with Crippen LogP contribution in [0, 0.1) is 0 Å². The summed E-state index contributed by atoms with van der Waals surface area (Å²) in [5.74, 6) is -1.16. The van der Waals surface area contributed by atoms with E-state index in [9.17, 15) is 9.59 Å². The summed E-state index contributed by atoms with van der Waals surface area (Å²) < 4.78 is 0. The van der Waals surface area contributed by atoms with Crippen LogP contribution in [-0.4, -0.2) is 27.5 Å². The number of nitrogens with zero attached hydrogens (tertiary/aromatic N) is 1. The van der Waals surface area contributed by atoms with Gasteiger partial charge in [0, 0.05) is 17.3 Å². The molecule has 0 bridgehead atoms. The number of hydrogen-bond donors (Lipinski definition) is 3. The Bertz CT molecular complexity index is 480. The number of rotatable bonds is 5. The zero-order valence-electron chi connectivity index (χ0n) is 10.5. The molecule has 2 rings (SSSR count). The minimum absolute atomic E-state index is 0.0142. The lowest BCUT2D eigenvalue weighted by Gasteiger charge is -2.22. The fourth-order valence-corrected chi connectivity index (χ4v) is 3.01. The molecule has 7 heteroatoms. The van der Waals surface area contributed by atoms with Gasteiger partial charge in [-0.15, -0.1) is 11.3 Å². The second kappa shape index (κ2) is 5.66. The Morgan fingerprint density at radius 2 is 2.16 bits per heavy atom. The molecule has 0 radical (unpaired) electrons. The third-order valence-corrected chi connectivity index (χ3v) is 4.17. The third kappa shape index (κ3) is 3.74. The molecule has 0 saturated heterocycles. The van der Waals surface area contributed by atoms with Crippen LogP contribution in [0.25, 0.3) is 0 Å². The molecule has 19 heavy (non-hydrogen) atoms. The molecular formula is C12H17N3O3S. The van der Waals surface area contributed by atoms with Crippen LogP contribution in [-0.2, 0) is 11.3 Å². The van der Waals surface area contributed by atoms with Gasteiger partial charge in [0.2, 0.25) is 5.91 Å². The molecule has 1 aliphatic carbocycles. The molecular weight excluding hydrogens is 266 g/mol. The van der Waals surface area contributed by atoms with E-state index in [0.717, 1.165) is 25.7 Å². The smallest absolute Gasteiger partial charge is 0.355 e. The number of carboxylic acid groups (broad SMARTS) is 1.